The molecule has 0 N–H and O–H groups in total. The normalized spacial score (nSPS) is 10.3. The Kier molecular flexibility index (Phi) is 7.01. The van der Waals surface area contributed by atoms with Gasteiger partial charge in [-0.2, -0.15) is 0 Å². The highest BCUT2D eigenvalue weighted by Gasteiger charge is 2.13. The van der Waals surface area contributed by atoms with Crippen LogP contribution in [0.1, 0.15) is 38.2 Å². The summed E-state index contributed by atoms with van der Waals surface area (Å²) in [7, 11) is 0. The molecule has 1 aromatic carbocycles. The zero-order valence-corrected chi connectivity index (χ0v) is 12.2. The molecular weight excluding hydrogens is 282 g/mol. The lowest BCUT2D eigenvalue weighted by Crippen LogP contribution is -2.00. The second-order valence-electron chi connectivity index (χ2n) is 4.53. The van der Waals surface area contributed by atoms with Gasteiger partial charge >= 0.3 is 5.97 Å². The maximum atomic E-state index is 10.9. The number of carbonyl (C=O) groups excluding carboxylic acids is 1. The second-order valence-corrected chi connectivity index (χ2v) is 4.97. The van der Waals surface area contributed by atoms with Gasteiger partial charge in [0.25, 0.3) is 5.69 Å². The molecular formula is C14H18ClNO4. The molecule has 0 fully saturated rings. The number of nitro groups is 1. The fraction of sp³-hybridized carbons (Fsp3) is 0.500. The van der Waals surface area contributed by atoms with Gasteiger partial charge in [-0.05, 0) is 25.3 Å². The molecule has 1 aromatic rings. The lowest BCUT2D eigenvalue weighted by molar-refractivity contribution is -0.385. The van der Waals surface area contributed by atoms with Crippen LogP contribution in [0, 0.1) is 10.1 Å². The van der Waals surface area contributed by atoms with Crippen LogP contribution in [0.25, 0.3) is 0 Å². The molecule has 0 radical (unpaired) electrons. The highest BCUT2D eigenvalue weighted by atomic mass is 35.5. The van der Waals surface area contributed by atoms with E-state index in [4.69, 9.17) is 16.3 Å². The van der Waals surface area contributed by atoms with E-state index in [0.717, 1.165) is 25.7 Å². The Hall–Kier alpha value is -1.62. The van der Waals surface area contributed by atoms with Crippen molar-refractivity contribution in [3.8, 4) is 0 Å². The predicted octanol–water partition coefficient (Wildman–Crippen LogP) is 3.91. The third-order valence-corrected chi connectivity index (χ3v) is 3.12. The minimum Gasteiger partial charge on any atom is -0.466 e. The van der Waals surface area contributed by atoms with E-state index >= 15 is 0 Å². The van der Waals surface area contributed by atoms with Crippen molar-refractivity contribution >= 4 is 23.3 Å². The first-order valence-corrected chi connectivity index (χ1v) is 6.94. The van der Waals surface area contributed by atoms with Crippen LogP contribution in [-0.4, -0.2) is 17.5 Å². The molecule has 0 saturated carbocycles. The number of unbranched alkanes of at least 4 members (excludes halogenated alkanes) is 3. The quantitative estimate of drug-likeness (QED) is 0.316. The van der Waals surface area contributed by atoms with Gasteiger partial charge in [0, 0.05) is 23.6 Å². The predicted molar refractivity (Wildman–Crippen MR) is 76.9 cm³/mol. The molecule has 0 atom stereocenters. The SMILES string of the molecule is CC(=O)OCCCCCCc1ccc(Cl)cc1[N+](=O)[O-]. The first-order valence-electron chi connectivity index (χ1n) is 6.57. The number of halogens is 1. The van der Waals surface area contributed by atoms with Gasteiger partial charge in [0.2, 0.25) is 0 Å². The lowest BCUT2D eigenvalue weighted by atomic mass is 10.0. The third kappa shape index (κ3) is 6.02. The monoisotopic (exact) mass is 299 g/mol. The van der Waals surface area contributed by atoms with Crippen molar-refractivity contribution in [3.05, 3.63) is 38.9 Å². The van der Waals surface area contributed by atoms with Crippen LogP contribution in [0.3, 0.4) is 0 Å². The Balaban J connectivity index is 2.32. The Morgan fingerprint density at radius 3 is 2.65 bits per heavy atom. The molecule has 110 valence electrons. The Labute approximate surface area is 123 Å². The van der Waals surface area contributed by atoms with E-state index in [-0.39, 0.29) is 11.7 Å². The molecule has 0 unspecified atom stereocenters. The van der Waals surface area contributed by atoms with Gasteiger partial charge in [-0.25, -0.2) is 0 Å². The van der Waals surface area contributed by atoms with Crippen molar-refractivity contribution in [2.45, 2.75) is 39.0 Å². The maximum Gasteiger partial charge on any atom is 0.302 e. The van der Waals surface area contributed by atoms with Crippen LogP contribution in [-0.2, 0) is 16.0 Å². The van der Waals surface area contributed by atoms with E-state index in [0.29, 0.717) is 23.6 Å². The van der Waals surface area contributed by atoms with Gasteiger partial charge in [-0.15, -0.1) is 0 Å². The van der Waals surface area contributed by atoms with Crippen molar-refractivity contribution in [2.24, 2.45) is 0 Å². The standard InChI is InChI=1S/C14H18ClNO4/c1-11(17)20-9-5-3-2-4-6-12-7-8-13(15)10-14(12)16(18)19/h7-8,10H,2-6,9H2,1H3. The van der Waals surface area contributed by atoms with Gasteiger partial charge in [-0.1, -0.05) is 30.5 Å². The molecule has 1 rings (SSSR count). The summed E-state index contributed by atoms with van der Waals surface area (Å²) in [6.07, 6.45) is 4.22. The molecule has 0 aliphatic heterocycles. The number of hydrogen-bond donors (Lipinski definition) is 0. The summed E-state index contributed by atoms with van der Waals surface area (Å²) in [5.74, 6) is -0.262. The number of hydrogen-bond acceptors (Lipinski definition) is 4. The zero-order chi connectivity index (χ0) is 15.0. The number of aryl methyl sites for hydroxylation is 1. The van der Waals surface area contributed by atoms with E-state index in [2.05, 4.69) is 0 Å². The molecule has 0 spiro atoms. The van der Waals surface area contributed by atoms with Gasteiger partial charge in [0.1, 0.15) is 0 Å². The Morgan fingerprint density at radius 2 is 2.00 bits per heavy atom. The summed E-state index contributed by atoms with van der Waals surface area (Å²) in [4.78, 5) is 21.1. The molecule has 0 aliphatic carbocycles. The molecule has 0 aromatic heterocycles. The number of benzene rings is 1. The summed E-state index contributed by atoms with van der Waals surface area (Å²) < 4.78 is 4.83. The first-order chi connectivity index (χ1) is 9.50. The number of carbonyl (C=O) groups is 1. The molecule has 20 heavy (non-hydrogen) atoms. The minimum atomic E-state index is -0.401. The topological polar surface area (TPSA) is 69.4 Å². The summed E-state index contributed by atoms with van der Waals surface area (Å²) >= 11 is 5.76. The van der Waals surface area contributed by atoms with E-state index < -0.39 is 4.92 Å². The second kappa shape index (κ2) is 8.53. The van der Waals surface area contributed by atoms with Crippen molar-refractivity contribution in [1.29, 1.82) is 0 Å². The number of ether oxygens (including phenoxy) is 1. The molecule has 0 amide bonds. The Bertz CT molecular complexity index is 476. The van der Waals surface area contributed by atoms with Crippen LogP contribution in [0.2, 0.25) is 5.02 Å². The molecule has 0 saturated heterocycles. The molecule has 0 heterocycles. The highest BCUT2D eigenvalue weighted by Crippen LogP contribution is 2.24. The zero-order valence-electron chi connectivity index (χ0n) is 11.4. The van der Waals surface area contributed by atoms with Crippen LogP contribution in [0.4, 0.5) is 5.69 Å². The smallest absolute Gasteiger partial charge is 0.302 e. The summed E-state index contributed by atoms with van der Waals surface area (Å²) in [5.41, 5.74) is 0.789. The highest BCUT2D eigenvalue weighted by molar-refractivity contribution is 6.30. The van der Waals surface area contributed by atoms with Crippen molar-refractivity contribution in [3.63, 3.8) is 0 Å². The van der Waals surface area contributed by atoms with Gasteiger partial charge in [0.05, 0.1) is 11.5 Å². The molecule has 0 aliphatic rings. The number of rotatable bonds is 8. The number of nitro benzene ring substituents is 1. The van der Waals surface area contributed by atoms with Crippen LogP contribution >= 0.6 is 11.6 Å². The summed E-state index contributed by atoms with van der Waals surface area (Å²) in [6, 6.07) is 4.77. The largest absolute Gasteiger partial charge is 0.466 e. The van der Waals surface area contributed by atoms with Crippen LogP contribution in [0.15, 0.2) is 18.2 Å². The number of esters is 1. The fourth-order valence-electron chi connectivity index (χ4n) is 1.91. The van der Waals surface area contributed by atoms with E-state index in [1.165, 1.54) is 13.0 Å². The first kappa shape index (κ1) is 16.4. The molecule has 6 heteroatoms. The van der Waals surface area contributed by atoms with Crippen LogP contribution < -0.4 is 0 Å². The van der Waals surface area contributed by atoms with E-state index in [9.17, 15) is 14.9 Å². The summed E-state index contributed by atoms with van der Waals surface area (Å²) in [5, 5.41) is 11.3. The van der Waals surface area contributed by atoms with Crippen molar-refractivity contribution in [2.75, 3.05) is 6.61 Å². The minimum absolute atomic E-state index is 0.0809. The summed E-state index contributed by atoms with van der Waals surface area (Å²) in [6.45, 7) is 1.83. The molecule has 5 nitrogen and oxygen atoms in total. The Morgan fingerprint density at radius 1 is 1.30 bits per heavy atom. The van der Waals surface area contributed by atoms with Gasteiger partial charge < -0.3 is 4.74 Å². The van der Waals surface area contributed by atoms with Gasteiger partial charge in [0.15, 0.2) is 0 Å². The molecule has 0 bridgehead atoms. The number of nitrogens with zero attached hydrogens (tertiary/aromatic N) is 1. The van der Waals surface area contributed by atoms with E-state index in [1.807, 2.05) is 0 Å². The lowest BCUT2D eigenvalue weighted by Gasteiger charge is -2.04. The average Bonchev–Trinajstić information content (AvgIpc) is 2.38. The average molecular weight is 300 g/mol. The van der Waals surface area contributed by atoms with Crippen molar-refractivity contribution < 1.29 is 14.5 Å². The third-order valence-electron chi connectivity index (χ3n) is 2.89. The van der Waals surface area contributed by atoms with Crippen molar-refractivity contribution in [1.82, 2.24) is 0 Å². The van der Waals surface area contributed by atoms with Gasteiger partial charge in [-0.3, -0.25) is 14.9 Å². The van der Waals surface area contributed by atoms with Crippen LogP contribution in [0.5, 0.6) is 0 Å². The maximum absolute atomic E-state index is 10.9. The van der Waals surface area contributed by atoms with E-state index in [1.54, 1.807) is 12.1 Å². The fourth-order valence-corrected chi connectivity index (χ4v) is 2.07.